The van der Waals surface area contributed by atoms with Gasteiger partial charge in [-0.3, -0.25) is 0 Å². The number of carbonyl (C=O) groups is 2. The summed E-state index contributed by atoms with van der Waals surface area (Å²) in [6.45, 7) is 0.913. The van der Waals surface area contributed by atoms with Gasteiger partial charge < -0.3 is 19.9 Å². The maximum Gasteiger partial charge on any atom is 0.326 e. The van der Waals surface area contributed by atoms with Gasteiger partial charge in [0.1, 0.15) is 6.04 Å². The minimum atomic E-state index is -0.984. The Morgan fingerprint density at radius 1 is 1.14 bits per heavy atom. The number of benzene rings is 1. The third-order valence-electron chi connectivity index (χ3n) is 5.79. The lowest BCUT2D eigenvalue weighted by atomic mass is 9.95. The molecule has 1 aromatic carbocycles. The van der Waals surface area contributed by atoms with Crippen molar-refractivity contribution in [3.05, 3.63) is 53.6 Å². The van der Waals surface area contributed by atoms with Gasteiger partial charge in [-0.1, -0.05) is 49.6 Å². The SMILES string of the molecule is O=C(O)C1Cc2ncn(Cc3ccccc3)c2CN1C(=O)NC1CCCCC1. The van der Waals surface area contributed by atoms with Crippen LogP contribution in [0.2, 0.25) is 0 Å². The Bertz CT molecular complexity index is 843. The molecule has 0 saturated heterocycles. The number of urea groups is 1. The van der Waals surface area contributed by atoms with E-state index < -0.39 is 12.0 Å². The van der Waals surface area contributed by atoms with Crippen molar-refractivity contribution in [1.29, 1.82) is 0 Å². The van der Waals surface area contributed by atoms with E-state index in [1.54, 1.807) is 6.33 Å². The van der Waals surface area contributed by atoms with E-state index in [2.05, 4.69) is 10.3 Å². The van der Waals surface area contributed by atoms with Crippen LogP contribution in [0.3, 0.4) is 0 Å². The van der Waals surface area contributed by atoms with Crippen LogP contribution in [0.5, 0.6) is 0 Å². The monoisotopic (exact) mass is 382 g/mol. The number of imidazole rings is 1. The predicted molar refractivity (Wildman–Crippen MR) is 104 cm³/mol. The molecule has 4 rings (SSSR count). The highest BCUT2D eigenvalue weighted by atomic mass is 16.4. The van der Waals surface area contributed by atoms with Crippen molar-refractivity contribution in [1.82, 2.24) is 19.8 Å². The summed E-state index contributed by atoms with van der Waals surface area (Å²) in [5, 5.41) is 12.7. The second-order valence-corrected chi connectivity index (χ2v) is 7.72. The van der Waals surface area contributed by atoms with Gasteiger partial charge in [-0.15, -0.1) is 0 Å². The van der Waals surface area contributed by atoms with E-state index in [0.29, 0.717) is 6.54 Å². The van der Waals surface area contributed by atoms with Crippen LogP contribution in [0, 0.1) is 0 Å². The number of hydrogen-bond donors (Lipinski definition) is 2. The summed E-state index contributed by atoms with van der Waals surface area (Å²) in [7, 11) is 0. The van der Waals surface area contributed by atoms with Crippen molar-refractivity contribution in [2.24, 2.45) is 0 Å². The van der Waals surface area contributed by atoms with Crippen molar-refractivity contribution >= 4 is 12.0 Å². The van der Waals surface area contributed by atoms with Gasteiger partial charge in [0.25, 0.3) is 0 Å². The molecule has 2 heterocycles. The van der Waals surface area contributed by atoms with Gasteiger partial charge in [0.15, 0.2) is 0 Å². The average Bonchev–Trinajstić information content (AvgIpc) is 3.10. The van der Waals surface area contributed by atoms with Crippen molar-refractivity contribution < 1.29 is 14.7 Å². The molecule has 7 nitrogen and oxygen atoms in total. The predicted octanol–water partition coefficient (Wildman–Crippen LogP) is 2.79. The zero-order valence-electron chi connectivity index (χ0n) is 15.9. The first-order valence-electron chi connectivity index (χ1n) is 9.98. The second-order valence-electron chi connectivity index (χ2n) is 7.72. The van der Waals surface area contributed by atoms with E-state index >= 15 is 0 Å². The van der Waals surface area contributed by atoms with E-state index in [-0.39, 0.29) is 25.0 Å². The lowest BCUT2D eigenvalue weighted by molar-refractivity contribution is -0.142. The third-order valence-corrected chi connectivity index (χ3v) is 5.79. The molecule has 1 saturated carbocycles. The number of nitrogens with zero attached hydrogens (tertiary/aromatic N) is 3. The summed E-state index contributed by atoms with van der Waals surface area (Å²) in [6, 6.07) is 9.03. The van der Waals surface area contributed by atoms with Gasteiger partial charge in [-0.05, 0) is 18.4 Å². The van der Waals surface area contributed by atoms with Crippen LogP contribution < -0.4 is 5.32 Å². The Morgan fingerprint density at radius 2 is 1.89 bits per heavy atom. The fraction of sp³-hybridized carbons (Fsp3) is 0.476. The highest BCUT2D eigenvalue weighted by Crippen LogP contribution is 2.25. The van der Waals surface area contributed by atoms with E-state index in [0.717, 1.165) is 42.6 Å². The first-order chi connectivity index (χ1) is 13.6. The Kier molecular flexibility index (Phi) is 5.32. The van der Waals surface area contributed by atoms with Gasteiger partial charge in [0.2, 0.25) is 0 Å². The largest absolute Gasteiger partial charge is 0.480 e. The smallest absolute Gasteiger partial charge is 0.326 e. The average molecular weight is 382 g/mol. The summed E-state index contributed by atoms with van der Waals surface area (Å²) >= 11 is 0. The Labute approximate surface area is 164 Å². The van der Waals surface area contributed by atoms with Crippen molar-refractivity contribution in [2.75, 3.05) is 0 Å². The molecule has 0 bridgehead atoms. The number of aromatic nitrogens is 2. The molecule has 2 aromatic rings. The molecule has 2 aliphatic rings. The first kappa shape index (κ1) is 18.5. The molecular formula is C21H26N4O3. The Balaban J connectivity index is 1.54. The van der Waals surface area contributed by atoms with Gasteiger partial charge in [-0.2, -0.15) is 0 Å². The molecule has 7 heteroatoms. The minimum Gasteiger partial charge on any atom is -0.480 e. The number of fused-ring (bicyclic) bond motifs is 1. The normalized spacial score (nSPS) is 19.9. The molecule has 1 fully saturated rings. The third kappa shape index (κ3) is 3.88. The Hall–Kier alpha value is -2.83. The second kappa shape index (κ2) is 8.04. The summed E-state index contributed by atoms with van der Waals surface area (Å²) in [6.07, 6.45) is 7.35. The molecule has 0 radical (unpaired) electrons. The van der Waals surface area contributed by atoms with Crippen LogP contribution in [-0.2, 0) is 24.3 Å². The van der Waals surface area contributed by atoms with E-state index in [1.165, 1.54) is 11.3 Å². The quantitative estimate of drug-likeness (QED) is 0.851. The number of aliphatic carboxylic acids is 1. The highest BCUT2D eigenvalue weighted by molar-refractivity contribution is 5.83. The van der Waals surface area contributed by atoms with Gasteiger partial charge >= 0.3 is 12.0 Å². The van der Waals surface area contributed by atoms with E-state index in [4.69, 9.17) is 0 Å². The van der Waals surface area contributed by atoms with Crippen LogP contribution >= 0.6 is 0 Å². The molecule has 1 aliphatic heterocycles. The number of carboxylic acids is 1. The maximum absolute atomic E-state index is 12.9. The fourth-order valence-electron chi connectivity index (χ4n) is 4.22. The summed E-state index contributed by atoms with van der Waals surface area (Å²) in [4.78, 5) is 30.6. The molecule has 1 aromatic heterocycles. The van der Waals surface area contributed by atoms with E-state index in [1.807, 2.05) is 34.9 Å². The number of carboxylic acid groups (broad SMARTS) is 1. The number of carbonyl (C=O) groups excluding carboxylic acids is 1. The number of hydrogen-bond acceptors (Lipinski definition) is 3. The first-order valence-corrected chi connectivity index (χ1v) is 9.98. The molecule has 1 atom stereocenters. The van der Waals surface area contributed by atoms with Crippen LogP contribution in [0.1, 0.15) is 49.1 Å². The topological polar surface area (TPSA) is 87.5 Å². The van der Waals surface area contributed by atoms with Crippen molar-refractivity contribution in [2.45, 2.75) is 63.7 Å². The van der Waals surface area contributed by atoms with Crippen LogP contribution in [0.4, 0.5) is 4.79 Å². The highest BCUT2D eigenvalue weighted by Gasteiger charge is 2.37. The van der Waals surface area contributed by atoms with Crippen molar-refractivity contribution in [3.8, 4) is 0 Å². The molecule has 1 aliphatic carbocycles. The summed E-state index contributed by atoms with van der Waals surface area (Å²) < 4.78 is 2.02. The molecular weight excluding hydrogens is 356 g/mol. The number of rotatable bonds is 4. The zero-order chi connectivity index (χ0) is 19.5. The molecule has 2 amide bonds. The summed E-state index contributed by atoms with van der Waals surface area (Å²) in [5.74, 6) is -0.984. The molecule has 148 valence electrons. The van der Waals surface area contributed by atoms with Crippen LogP contribution in [-0.4, -0.2) is 43.6 Å². The Morgan fingerprint density at radius 3 is 2.61 bits per heavy atom. The summed E-state index contributed by atoms with van der Waals surface area (Å²) in [5.41, 5.74) is 2.83. The fourth-order valence-corrected chi connectivity index (χ4v) is 4.22. The van der Waals surface area contributed by atoms with Gasteiger partial charge in [-0.25, -0.2) is 14.6 Å². The van der Waals surface area contributed by atoms with Gasteiger partial charge in [0.05, 0.1) is 24.3 Å². The molecule has 28 heavy (non-hydrogen) atoms. The molecule has 1 unspecified atom stereocenters. The van der Waals surface area contributed by atoms with Crippen LogP contribution in [0.15, 0.2) is 36.7 Å². The maximum atomic E-state index is 12.9. The lowest BCUT2D eigenvalue weighted by Crippen LogP contribution is -2.54. The molecule has 0 spiro atoms. The van der Waals surface area contributed by atoms with Crippen LogP contribution in [0.25, 0.3) is 0 Å². The van der Waals surface area contributed by atoms with Gasteiger partial charge in [0, 0.05) is 19.0 Å². The standard InChI is InChI=1S/C21H26N4O3/c26-20(27)18-11-17-19(24(14-22-17)12-15-7-3-1-4-8-15)13-25(18)21(28)23-16-9-5-2-6-10-16/h1,3-4,7-8,14,16,18H,2,5-6,9-13H2,(H,23,28)(H,26,27). The minimum absolute atomic E-state index is 0.145. The zero-order valence-corrected chi connectivity index (χ0v) is 15.9. The number of amides is 2. The van der Waals surface area contributed by atoms with Crippen molar-refractivity contribution in [3.63, 3.8) is 0 Å². The number of nitrogens with one attached hydrogen (secondary N) is 1. The lowest BCUT2D eigenvalue weighted by Gasteiger charge is -2.35. The molecule has 2 N–H and O–H groups in total. The van der Waals surface area contributed by atoms with E-state index in [9.17, 15) is 14.7 Å².